The van der Waals surface area contributed by atoms with Gasteiger partial charge >= 0.3 is 6.18 Å². The Hall–Kier alpha value is -0.740. The molecular formula is C12H13ClF3N. The van der Waals surface area contributed by atoms with E-state index in [2.05, 4.69) is 0 Å². The van der Waals surface area contributed by atoms with Crippen LogP contribution >= 0.6 is 11.6 Å². The standard InChI is InChI=1S/C12H13ClF3N/c13-10-4-3-8(6-9(10)12(14,15)16)11(17)5-7-1-2-7/h3-4,6-7,11H,1-2,5,17H2/t11-/m1/s1. The van der Waals surface area contributed by atoms with Crippen molar-refractivity contribution in [2.45, 2.75) is 31.5 Å². The van der Waals surface area contributed by atoms with E-state index in [9.17, 15) is 13.2 Å². The van der Waals surface area contributed by atoms with E-state index in [1.807, 2.05) is 0 Å². The van der Waals surface area contributed by atoms with Gasteiger partial charge in [-0.25, -0.2) is 0 Å². The van der Waals surface area contributed by atoms with E-state index in [1.165, 1.54) is 6.07 Å². The Kier molecular flexibility index (Phi) is 3.36. The van der Waals surface area contributed by atoms with Crippen LogP contribution in [0.4, 0.5) is 13.2 Å². The second kappa shape index (κ2) is 4.50. The lowest BCUT2D eigenvalue weighted by Gasteiger charge is -2.15. The zero-order valence-corrected chi connectivity index (χ0v) is 9.85. The third-order valence-electron chi connectivity index (χ3n) is 3.01. The van der Waals surface area contributed by atoms with Crippen LogP contribution < -0.4 is 5.73 Å². The minimum absolute atomic E-state index is 0.278. The lowest BCUT2D eigenvalue weighted by molar-refractivity contribution is -0.137. The van der Waals surface area contributed by atoms with Crippen LogP contribution in [0.15, 0.2) is 18.2 Å². The van der Waals surface area contributed by atoms with Crippen molar-refractivity contribution in [3.8, 4) is 0 Å². The Morgan fingerprint density at radius 3 is 2.53 bits per heavy atom. The van der Waals surface area contributed by atoms with E-state index in [1.54, 1.807) is 6.07 Å². The Morgan fingerprint density at radius 1 is 1.35 bits per heavy atom. The molecule has 5 heteroatoms. The number of halogens is 4. The largest absolute Gasteiger partial charge is 0.417 e. The summed E-state index contributed by atoms with van der Waals surface area (Å²) in [5, 5.41) is -0.278. The summed E-state index contributed by atoms with van der Waals surface area (Å²) in [6, 6.07) is 3.58. The highest BCUT2D eigenvalue weighted by Gasteiger charge is 2.34. The molecule has 2 rings (SSSR count). The average molecular weight is 264 g/mol. The summed E-state index contributed by atoms with van der Waals surface area (Å²) in [5.74, 6) is 0.579. The SMILES string of the molecule is N[C@H](CC1CC1)c1ccc(Cl)c(C(F)(F)F)c1. The van der Waals surface area contributed by atoms with Gasteiger partial charge in [0.1, 0.15) is 0 Å². The van der Waals surface area contributed by atoms with Crippen LogP contribution in [0, 0.1) is 5.92 Å². The Bertz CT molecular complexity index is 413. The Balaban J connectivity index is 2.23. The molecule has 0 unspecified atom stereocenters. The molecule has 0 spiro atoms. The van der Waals surface area contributed by atoms with Gasteiger partial charge in [0.2, 0.25) is 0 Å². The zero-order valence-electron chi connectivity index (χ0n) is 9.10. The summed E-state index contributed by atoms with van der Waals surface area (Å²) >= 11 is 5.54. The maximum Gasteiger partial charge on any atom is 0.417 e. The number of hydrogen-bond acceptors (Lipinski definition) is 1. The van der Waals surface area contributed by atoms with Gasteiger partial charge in [-0.3, -0.25) is 0 Å². The topological polar surface area (TPSA) is 26.0 Å². The second-order valence-electron chi connectivity index (χ2n) is 4.52. The van der Waals surface area contributed by atoms with Gasteiger partial charge in [0.25, 0.3) is 0 Å². The number of hydrogen-bond donors (Lipinski definition) is 1. The smallest absolute Gasteiger partial charge is 0.324 e. The molecule has 1 aliphatic rings. The molecule has 0 aromatic heterocycles. The van der Waals surface area contributed by atoms with E-state index >= 15 is 0 Å². The highest BCUT2D eigenvalue weighted by atomic mass is 35.5. The fraction of sp³-hybridized carbons (Fsp3) is 0.500. The number of rotatable bonds is 3. The third-order valence-corrected chi connectivity index (χ3v) is 3.34. The molecule has 1 atom stereocenters. The quantitative estimate of drug-likeness (QED) is 0.871. The second-order valence-corrected chi connectivity index (χ2v) is 4.93. The van der Waals surface area contributed by atoms with Gasteiger partial charge in [-0.05, 0) is 30.0 Å². The van der Waals surface area contributed by atoms with Crippen molar-refractivity contribution >= 4 is 11.6 Å². The zero-order chi connectivity index (χ0) is 12.6. The normalized spacial score (nSPS) is 18.2. The maximum atomic E-state index is 12.6. The molecule has 1 saturated carbocycles. The van der Waals surface area contributed by atoms with Crippen LogP contribution in [-0.4, -0.2) is 0 Å². The number of benzene rings is 1. The minimum atomic E-state index is -4.42. The van der Waals surface area contributed by atoms with Crippen molar-refractivity contribution in [1.82, 2.24) is 0 Å². The third kappa shape index (κ3) is 3.13. The molecule has 1 aromatic carbocycles. The molecule has 0 heterocycles. The predicted octanol–water partition coefficient (Wildman–Crippen LogP) is 4.16. The van der Waals surface area contributed by atoms with Crippen LogP contribution in [0.1, 0.15) is 36.4 Å². The first-order valence-electron chi connectivity index (χ1n) is 5.50. The van der Waals surface area contributed by atoms with E-state index in [0.717, 1.165) is 25.3 Å². The maximum absolute atomic E-state index is 12.6. The van der Waals surface area contributed by atoms with Crippen LogP contribution in [0.5, 0.6) is 0 Å². The van der Waals surface area contributed by atoms with Crippen molar-refractivity contribution in [1.29, 1.82) is 0 Å². The summed E-state index contributed by atoms with van der Waals surface area (Å²) in [7, 11) is 0. The van der Waals surface area contributed by atoms with Crippen LogP contribution in [0.2, 0.25) is 5.02 Å². The van der Waals surface area contributed by atoms with Gasteiger partial charge in [-0.1, -0.05) is 30.5 Å². The predicted molar refractivity (Wildman–Crippen MR) is 60.7 cm³/mol. The molecule has 0 aliphatic heterocycles. The van der Waals surface area contributed by atoms with Crippen molar-refractivity contribution in [2.24, 2.45) is 11.7 Å². The van der Waals surface area contributed by atoms with Gasteiger partial charge in [0.05, 0.1) is 10.6 Å². The Morgan fingerprint density at radius 2 is 2.00 bits per heavy atom. The molecule has 0 saturated heterocycles. The molecule has 94 valence electrons. The van der Waals surface area contributed by atoms with E-state index in [0.29, 0.717) is 11.5 Å². The average Bonchev–Trinajstić information content (AvgIpc) is 3.00. The summed E-state index contributed by atoms with van der Waals surface area (Å²) < 4.78 is 37.9. The first kappa shape index (κ1) is 12.7. The monoisotopic (exact) mass is 263 g/mol. The van der Waals surface area contributed by atoms with Crippen molar-refractivity contribution < 1.29 is 13.2 Å². The molecule has 1 aliphatic carbocycles. The lowest BCUT2D eigenvalue weighted by atomic mass is 10.00. The van der Waals surface area contributed by atoms with Gasteiger partial charge < -0.3 is 5.73 Å². The molecular weight excluding hydrogens is 251 g/mol. The molecule has 1 fully saturated rings. The molecule has 17 heavy (non-hydrogen) atoms. The summed E-state index contributed by atoms with van der Waals surface area (Å²) in [4.78, 5) is 0. The van der Waals surface area contributed by atoms with Gasteiger partial charge in [0, 0.05) is 6.04 Å². The highest BCUT2D eigenvalue weighted by molar-refractivity contribution is 6.31. The molecule has 0 amide bonds. The van der Waals surface area contributed by atoms with Crippen molar-refractivity contribution in [3.63, 3.8) is 0 Å². The van der Waals surface area contributed by atoms with Gasteiger partial charge in [0.15, 0.2) is 0 Å². The number of alkyl halides is 3. The van der Waals surface area contributed by atoms with Crippen molar-refractivity contribution in [3.05, 3.63) is 34.3 Å². The van der Waals surface area contributed by atoms with E-state index in [4.69, 9.17) is 17.3 Å². The molecule has 0 radical (unpaired) electrons. The first-order chi connectivity index (χ1) is 7.88. The fourth-order valence-corrected chi connectivity index (χ4v) is 2.06. The van der Waals surface area contributed by atoms with Crippen LogP contribution in [-0.2, 0) is 6.18 Å². The van der Waals surface area contributed by atoms with Gasteiger partial charge in [-0.2, -0.15) is 13.2 Å². The van der Waals surface area contributed by atoms with Crippen LogP contribution in [0.3, 0.4) is 0 Å². The van der Waals surface area contributed by atoms with Gasteiger partial charge in [-0.15, -0.1) is 0 Å². The first-order valence-corrected chi connectivity index (χ1v) is 5.88. The summed E-state index contributed by atoms with van der Waals surface area (Å²) in [5.41, 5.74) is 5.59. The number of nitrogens with two attached hydrogens (primary N) is 1. The molecule has 1 aromatic rings. The molecule has 1 nitrogen and oxygen atoms in total. The van der Waals surface area contributed by atoms with E-state index in [-0.39, 0.29) is 11.1 Å². The van der Waals surface area contributed by atoms with E-state index < -0.39 is 11.7 Å². The summed E-state index contributed by atoms with van der Waals surface area (Å²) in [6.45, 7) is 0. The van der Waals surface area contributed by atoms with Crippen LogP contribution in [0.25, 0.3) is 0 Å². The summed E-state index contributed by atoms with van der Waals surface area (Å²) in [6.07, 6.45) is -1.41. The Labute approximate surface area is 103 Å². The molecule has 2 N–H and O–H groups in total. The molecule has 0 bridgehead atoms. The fourth-order valence-electron chi connectivity index (χ4n) is 1.84. The minimum Gasteiger partial charge on any atom is -0.324 e. The lowest BCUT2D eigenvalue weighted by Crippen LogP contribution is -2.13. The van der Waals surface area contributed by atoms with Crippen molar-refractivity contribution in [2.75, 3.05) is 0 Å². The highest BCUT2D eigenvalue weighted by Crippen LogP contribution is 2.39.